The first-order valence-corrected chi connectivity index (χ1v) is 7.59. The molecule has 1 fully saturated rings. The molecule has 0 aromatic heterocycles. The second-order valence-corrected chi connectivity index (χ2v) is 5.86. The summed E-state index contributed by atoms with van der Waals surface area (Å²) in [4.78, 5) is 11.9. The summed E-state index contributed by atoms with van der Waals surface area (Å²) in [5, 5.41) is 0. The maximum Gasteiger partial charge on any atom is 0.405 e. The van der Waals surface area contributed by atoms with Gasteiger partial charge in [-0.2, -0.15) is 13.2 Å². The number of ether oxygens (including phenoxy) is 1. The lowest BCUT2D eigenvalue weighted by atomic mass is 9.91. The Hall–Kier alpha value is -0.0100. The SMILES string of the molecule is CCC1(OC(=O)C(C)(CI)C(F)(F)F)CCCC1. The molecular formula is C12H18F3IO2. The van der Waals surface area contributed by atoms with Crippen molar-refractivity contribution < 1.29 is 22.7 Å². The monoisotopic (exact) mass is 378 g/mol. The maximum atomic E-state index is 13.0. The van der Waals surface area contributed by atoms with E-state index in [0.717, 1.165) is 19.8 Å². The molecule has 0 aromatic carbocycles. The molecule has 0 radical (unpaired) electrons. The van der Waals surface area contributed by atoms with Gasteiger partial charge in [0.25, 0.3) is 0 Å². The van der Waals surface area contributed by atoms with E-state index in [9.17, 15) is 18.0 Å². The highest BCUT2D eigenvalue weighted by Gasteiger charge is 2.58. The van der Waals surface area contributed by atoms with Crippen molar-refractivity contribution >= 4 is 28.6 Å². The average molecular weight is 378 g/mol. The first kappa shape index (κ1) is 16.0. The highest BCUT2D eigenvalue weighted by molar-refractivity contribution is 14.1. The van der Waals surface area contributed by atoms with Crippen molar-refractivity contribution in [2.45, 2.75) is 57.7 Å². The molecule has 1 saturated carbocycles. The topological polar surface area (TPSA) is 26.3 Å². The van der Waals surface area contributed by atoms with Crippen LogP contribution in [0.2, 0.25) is 0 Å². The summed E-state index contributed by atoms with van der Waals surface area (Å²) in [5.41, 5.74) is -3.08. The van der Waals surface area contributed by atoms with E-state index >= 15 is 0 Å². The van der Waals surface area contributed by atoms with E-state index in [1.165, 1.54) is 0 Å². The first-order valence-electron chi connectivity index (χ1n) is 6.07. The summed E-state index contributed by atoms with van der Waals surface area (Å²) in [6, 6.07) is 0. The Labute approximate surface area is 119 Å². The molecule has 2 nitrogen and oxygen atoms in total. The molecule has 6 heteroatoms. The molecule has 0 aromatic rings. The zero-order valence-corrected chi connectivity index (χ0v) is 12.7. The van der Waals surface area contributed by atoms with Crippen molar-refractivity contribution in [1.82, 2.24) is 0 Å². The molecule has 0 aliphatic heterocycles. The lowest BCUT2D eigenvalue weighted by Gasteiger charge is -2.34. The van der Waals surface area contributed by atoms with E-state index in [0.29, 0.717) is 19.3 Å². The number of rotatable bonds is 4. The van der Waals surface area contributed by atoms with Crippen LogP contribution in [0.15, 0.2) is 0 Å². The van der Waals surface area contributed by atoms with Crippen LogP contribution < -0.4 is 0 Å². The quantitative estimate of drug-likeness (QED) is 0.415. The van der Waals surface area contributed by atoms with Crippen LogP contribution in [0, 0.1) is 5.41 Å². The van der Waals surface area contributed by atoms with Gasteiger partial charge in [0.15, 0.2) is 5.41 Å². The van der Waals surface area contributed by atoms with E-state index < -0.39 is 23.2 Å². The molecule has 0 heterocycles. The number of esters is 1. The van der Waals surface area contributed by atoms with Crippen molar-refractivity contribution in [1.29, 1.82) is 0 Å². The summed E-state index contributed by atoms with van der Waals surface area (Å²) in [6.45, 7) is 2.77. The molecule has 0 saturated heterocycles. The molecule has 0 spiro atoms. The van der Waals surface area contributed by atoms with Gasteiger partial charge in [-0.1, -0.05) is 29.5 Å². The van der Waals surface area contributed by atoms with E-state index in [2.05, 4.69) is 0 Å². The Morgan fingerprint density at radius 2 is 1.83 bits per heavy atom. The Kier molecular flexibility index (Phi) is 4.94. The Morgan fingerprint density at radius 1 is 1.33 bits per heavy atom. The van der Waals surface area contributed by atoms with Crippen LogP contribution in [0.4, 0.5) is 13.2 Å². The van der Waals surface area contributed by atoms with Crippen LogP contribution in [0.5, 0.6) is 0 Å². The predicted octanol–water partition coefficient (Wildman–Crippen LogP) is 4.26. The smallest absolute Gasteiger partial charge is 0.405 e. The molecule has 0 bridgehead atoms. The molecule has 0 N–H and O–H groups in total. The van der Waals surface area contributed by atoms with Gasteiger partial charge in [-0.05, 0) is 39.0 Å². The molecule has 0 amide bonds. The zero-order valence-electron chi connectivity index (χ0n) is 10.6. The number of carbonyl (C=O) groups excluding carboxylic acids is 1. The lowest BCUT2D eigenvalue weighted by molar-refractivity contribution is -0.230. The van der Waals surface area contributed by atoms with Gasteiger partial charge in [0, 0.05) is 4.43 Å². The van der Waals surface area contributed by atoms with Gasteiger partial charge in [0.05, 0.1) is 0 Å². The molecule has 106 valence electrons. The molecular weight excluding hydrogens is 360 g/mol. The number of carbonyl (C=O) groups is 1. The zero-order chi connectivity index (χ0) is 14.0. The van der Waals surface area contributed by atoms with E-state index in [1.54, 1.807) is 22.6 Å². The van der Waals surface area contributed by atoms with Gasteiger partial charge in [0.2, 0.25) is 0 Å². The Morgan fingerprint density at radius 3 is 2.17 bits per heavy atom. The van der Waals surface area contributed by atoms with Crippen LogP contribution in [0.3, 0.4) is 0 Å². The highest BCUT2D eigenvalue weighted by atomic mass is 127. The minimum atomic E-state index is -4.57. The van der Waals surface area contributed by atoms with Crippen molar-refractivity contribution in [2.75, 3.05) is 4.43 Å². The first-order chi connectivity index (χ1) is 8.21. The van der Waals surface area contributed by atoms with Crippen LogP contribution in [0.25, 0.3) is 0 Å². The minimum absolute atomic E-state index is 0.327. The average Bonchev–Trinajstić information content (AvgIpc) is 2.75. The summed E-state index contributed by atoms with van der Waals surface area (Å²) in [6.07, 6.45) is -0.830. The molecule has 1 aliphatic rings. The van der Waals surface area contributed by atoms with Crippen molar-refractivity contribution in [3.63, 3.8) is 0 Å². The third-order valence-corrected chi connectivity index (χ3v) is 5.34. The van der Waals surface area contributed by atoms with Gasteiger partial charge >= 0.3 is 12.1 Å². The Balaban J connectivity index is 2.86. The van der Waals surface area contributed by atoms with Gasteiger partial charge in [0.1, 0.15) is 5.60 Å². The predicted molar refractivity (Wildman–Crippen MR) is 70.6 cm³/mol. The fourth-order valence-electron chi connectivity index (χ4n) is 2.10. The van der Waals surface area contributed by atoms with E-state index in [-0.39, 0.29) is 4.43 Å². The summed E-state index contributed by atoms with van der Waals surface area (Å²) >= 11 is 1.59. The van der Waals surface area contributed by atoms with Crippen LogP contribution in [0.1, 0.15) is 46.0 Å². The van der Waals surface area contributed by atoms with Crippen LogP contribution in [-0.2, 0) is 9.53 Å². The van der Waals surface area contributed by atoms with Crippen molar-refractivity contribution in [3.8, 4) is 0 Å². The van der Waals surface area contributed by atoms with Crippen LogP contribution >= 0.6 is 22.6 Å². The van der Waals surface area contributed by atoms with Gasteiger partial charge in [-0.25, -0.2) is 0 Å². The van der Waals surface area contributed by atoms with Crippen molar-refractivity contribution in [3.05, 3.63) is 0 Å². The van der Waals surface area contributed by atoms with Gasteiger partial charge in [-0.15, -0.1) is 0 Å². The van der Waals surface area contributed by atoms with Gasteiger partial charge in [-0.3, -0.25) is 4.79 Å². The van der Waals surface area contributed by atoms with Gasteiger partial charge < -0.3 is 4.74 Å². The standard InChI is InChI=1S/C12H18F3IO2/c1-3-11(6-4-5-7-11)18-9(17)10(2,8-16)12(13,14)15/h3-8H2,1-2H3. The fourth-order valence-corrected chi connectivity index (χ4v) is 2.85. The minimum Gasteiger partial charge on any atom is -0.458 e. The molecule has 1 aliphatic carbocycles. The number of hydrogen-bond donors (Lipinski definition) is 0. The summed E-state index contributed by atoms with van der Waals surface area (Å²) < 4.78 is 43.8. The molecule has 1 atom stereocenters. The maximum absolute atomic E-state index is 13.0. The molecule has 1 unspecified atom stereocenters. The van der Waals surface area contributed by atoms with Crippen LogP contribution in [-0.4, -0.2) is 22.2 Å². The number of halogens is 4. The highest BCUT2D eigenvalue weighted by Crippen LogP contribution is 2.44. The summed E-state index contributed by atoms with van der Waals surface area (Å²) in [7, 11) is 0. The third kappa shape index (κ3) is 2.93. The molecule has 18 heavy (non-hydrogen) atoms. The summed E-state index contributed by atoms with van der Waals surface area (Å²) in [5.74, 6) is -1.13. The molecule has 1 rings (SSSR count). The normalized spacial score (nSPS) is 22.6. The van der Waals surface area contributed by atoms with Crippen molar-refractivity contribution in [2.24, 2.45) is 5.41 Å². The number of hydrogen-bond acceptors (Lipinski definition) is 2. The van der Waals surface area contributed by atoms with E-state index in [4.69, 9.17) is 4.74 Å². The third-order valence-electron chi connectivity index (χ3n) is 3.81. The second kappa shape index (κ2) is 5.54. The van der Waals surface area contributed by atoms with E-state index in [1.807, 2.05) is 6.92 Å². The second-order valence-electron chi connectivity index (χ2n) is 5.10. The number of alkyl halides is 4. The Bertz CT molecular complexity index is 311. The largest absolute Gasteiger partial charge is 0.458 e. The fraction of sp³-hybridized carbons (Fsp3) is 0.917. The lowest BCUT2D eigenvalue weighted by Crippen LogP contribution is -2.48.